The van der Waals surface area contributed by atoms with Gasteiger partial charge in [0.25, 0.3) is 0 Å². The van der Waals surface area contributed by atoms with Gasteiger partial charge in [-0.2, -0.15) is 0 Å². The van der Waals surface area contributed by atoms with Crippen LogP contribution in [0.3, 0.4) is 0 Å². The summed E-state index contributed by atoms with van der Waals surface area (Å²) in [6.45, 7) is 2.62. The Hall–Kier alpha value is -1.22. The van der Waals surface area contributed by atoms with E-state index >= 15 is 0 Å². The molecule has 0 radical (unpaired) electrons. The van der Waals surface area contributed by atoms with Gasteiger partial charge in [-0.15, -0.1) is 0 Å². The second-order valence-corrected chi connectivity index (χ2v) is 5.07. The summed E-state index contributed by atoms with van der Waals surface area (Å²) in [4.78, 5) is 11.8. The molecule has 1 amide bonds. The molecule has 4 heteroatoms. The molecule has 1 aliphatic carbocycles. The quantitative estimate of drug-likeness (QED) is 0.850. The lowest BCUT2D eigenvalue weighted by Gasteiger charge is -2.13. The first-order chi connectivity index (χ1) is 8.70. The van der Waals surface area contributed by atoms with E-state index < -0.39 is 0 Å². The van der Waals surface area contributed by atoms with Crippen molar-refractivity contribution in [3.63, 3.8) is 0 Å². The first-order valence-electron chi connectivity index (χ1n) is 6.42. The number of halogens is 1. The van der Waals surface area contributed by atoms with Crippen LogP contribution in [0, 0.1) is 5.92 Å². The van der Waals surface area contributed by atoms with Crippen molar-refractivity contribution in [2.45, 2.75) is 32.6 Å². The van der Waals surface area contributed by atoms with E-state index in [0.29, 0.717) is 35.4 Å². The molecule has 1 aliphatic rings. The van der Waals surface area contributed by atoms with Gasteiger partial charge in [-0.3, -0.25) is 4.79 Å². The molecule has 1 N–H and O–H groups in total. The van der Waals surface area contributed by atoms with E-state index in [4.69, 9.17) is 16.3 Å². The van der Waals surface area contributed by atoms with Gasteiger partial charge in [0.05, 0.1) is 17.3 Å². The van der Waals surface area contributed by atoms with Gasteiger partial charge in [0.2, 0.25) is 5.91 Å². The summed E-state index contributed by atoms with van der Waals surface area (Å²) >= 11 is 6.09. The molecule has 0 spiro atoms. The van der Waals surface area contributed by atoms with Crippen molar-refractivity contribution in [1.29, 1.82) is 0 Å². The van der Waals surface area contributed by atoms with Gasteiger partial charge in [-0.25, -0.2) is 0 Å². The van der Waals surface area contributed by atoms with Crippen LogP contribution in [0.1, 0.15) is 32.6 Å². The molecule has 0 unspecified atom stereocenters. The minimum absolute atomic E-state index is 0.0427. The topological polar surface area (TPSA) is 38.3 Å². The highest BCUT2D eigenvalue weighted by atomic mass is 35.5. The molecular weight excluding hydrogens is 250 g/mol. The summed E-state index contributed by atoms with van der Waals surface area (Å²) in [6, 6.07) is 5.40. The zero-order chi connectivity index (χ0) is 13.0. The van der Waals surface area contributed by atoms with E-state index in [9.17, 15) is 4.79 Å². The average molecular weight is 268 g/mol. The van der Waals surface area contributed by atoms with Crippen LogP contribution < -0.4 is 10.1 Å². The van der Waals surface area contributed by atoms with Crippen LogP contribution in [0.5, 0.6) is 5.75 Å². The predicted octanol–water partition coefficient (Wildman–Crippen LogP) is 3.87. The lowest BCUT2D eigenvalue weighted by atomic mass is 10.2. The number of amides is 1. The number of nitrogens with one attached hydrogen (secondary N) is 1. The van der Waals surface area contributed by atoms with Crippen molar-refractivity contribution in [3.8, 4) is 5.75 Å². The Balaban J connectivity index is 2.04. The summed E-state index contributed by atoms with van der Waals surface area (Å²) < 4.78 is 5.59. The normalized spacial score (nSPS) is 14.3. The second-order valence-electron chi connectivity index (χ2n) is 4.66. The first-order valence-corrected chi connectivity index (χ1v) is 6.79. The van der Waals surface area contributed by atoms with Crippen LogP contribution >= 0.6 is 11.6 Å². The molecule has 1 fully saturated rings. The van der Waals surface area contributed by atoms with E-state index in [1.54, 1.807) is 6.07 Å². The van der Waals surface area contributed by atoms with Gasteiger partial charge in [0, 0.05) is 6.42 Å². The van der Waals surface area contributed by atoms with Gasteiger partial charge in [-0.1, -0.05) is 24.6 Å². The summed E-state index contributed by atoms with van der Waals surface area (Å²) in [5.74, 6) is 1.19. The van der Waals surface area contributed by atoms with E-state index in [1.165, 1.54) is 12.8 Å². The van der Waals surface area contributed by atoms with Crippen molar-refractivity contribution in [2.24, 2.45) is 5.92 Å². The molecule has 0 aliphatic heterocycles. The Morgan fingerprint density at radius 1 is 1.50 bits per heavy atom. The Kier molecular flexibility index (Phi) is 4.48. The molecule has 1 aromatic carbocycles. The monoisotopic (exact) mass is 267 g/mol. The standard InChI is InChI=1S/C14H18ClNO2/c1-2-8-18-14-11(15)4-3-5-12(14)16-13(17)9-10-6-7-10/h3-5,10H,2,6-9H2,1H3,(H,16,17). The number of benzene rings is 1. The predicted molar refractivity (Wildman–Crippen MR) is 73.2 cm³/mol. The fourth-order valence-electron chi connectivity index (χ4n) is 1.74. The fraction of sp³-hybridized carbons (Fsp3) is 0.500. The van der Waals surface area contributed by atoms with Crippen molar-refractivity contribution in [1.82, 2.24) is 0 Å². The van der Waals surface area contributed by atoms with Gasteiger partial charge >= 0.3 is 0 Å². The van der Waals surface area contributed by atoms with Crippen molar-refractivity contribution >= 4 is 23.2 Å². The maximum absolute atomic E-state index is 11.8. The third kappa shape index (κ3) is 3.64. The Labute approximate surface area is 112 Å². The van der Waals surface area contributed by atoms with Crippen molar-refractivity contribution in [2.75, 3.05) is 11.9 Å². The number of hydrogen-bond acceptors (Lipinski definition) is 2. The third-order valence-electron chi connectivity index (χ3n) is 2.86. The molecule has 2 rings (SSSR count). The van der Waals surface area contributed by atoms with Crippen LogP contribution in [0.2, 0.25) is 5.02 Å². The molecule has 0 bridgehead atoms. The summed E-state index contributed by atoms with van der Waals surface area (Å²) in [5.41, 5.74) is 0.668. The van der Waals surface area contributed by atoms with Crippen LogP contribution in [-0.2, 0) is 4.79 Å². The lowest BCUT2D eigenvalue weighted by molar-refractivity contribution is -0.116. The van der Waals surface area contributed by atoms with Gasteiger partial charge in [0.1, 0.15) is 0 Å². The van der Waals surface area contributed by atoms with Gasteiger partial charge in [0.15, 0.2) is 5.75 Å². The number of rotatable bonds is 6. The van der Waals surface area contributed by atoms with Gasteiger partial charge in [-0.05, 0) is 37.3 Å². The molecule has 3 nitrogen and oxygen atoms in total. The maximum Gasteiger partial charge on any atom is 0.224 e. The van der Waals surface area contributed by atoms with E-state index in [2.05, 4.69) is 5.32 Å². The van der Waals surface area contributed by atoms with Crippen LogP contribution in [0.15, 0.2) is 18.2 Å². The average Bonchev–Trinajstić information content (AvgIpc) is 3.12. The van der Waals surface area contributed by atoms with Crippen LogP contribution in [0.25, 0.3) is 0 Å². The lowest BCUT2D eigenvalue weighted by Crippen LogP contribution is -2.13. The smallest absolute Gasteiger partial charge is 0.224 e. The Morgan fingerprint density at radius 2 is 2.28 bits per heavy atom. The van der Waals surface area contributed by atoms with E-state index in [-0.39, 0.29) is 5.91 Å². The minimum Gasteiger partial charge on any atom is -0.490 e. The van der Waals surface area contributed by atoms with Crippen LogP contribution in [-0.4, -0.2) is 12.5 Å². The molecule has 1 saturated carbocycles. The number of carbonyl (C=O) groups excluding carboxylic acids is 1. The highest BCUT2D eigenvalue weighted by Gasteiger charge is 2.24. The molecule has 0 atom stereocenters. The number of para-hydroxylation sites is 1. The number of hydrogen-bond donors (Lipinski definition) is 1. The zero-order valence-corrected chi connectivity index (χ0v) is 11.3. The summed E-state index contributed by atoms with van der Waals surface area (Å²) in [6.07, 6.45) is 3.84. The summed E-state index contributed by atoms with van der Waals surface area (Å²) in [7, 11) is 0. The molecule has 18 heavy (non-hydrogen) atoms. The summed E-state index contributed by atoms with van der Waals surface area (Å²) in [5, 5.41) is 3.42. The molecule has 0 aromatic heterocycles. The zero-order valence-electron chi connectivity index (χ0n) is 10.5. The molecule has 1 aromatic rings. The molecule has 0 saturated heterocycles. The fourth-order valence-corrected chi connectivity index (χ4v) is 1.97. The SMILES string of the molecule is CCCOc1c(Cl)cccc1NC(=O)CC1CC1. The largest absolute Gasteiger partial charge is 0.490 e. The number of ether oxygens (including phenoxy) is 1. The van der Waals surface area contributed by atoms with Crippen LogP contribution in [0.4, 0.5) is 5.69 Å². The second kappa shape index (κ2) is 6.10. The third-order valence-corrected chi connectivity index (χ3v) is 3.16. The molecule has 98 valence electrons. The Bertz CT molecular complexity index is 430. The number of carbonyl (C=O) groups is 1. The highest BCUT2D eigenvalue weighted by Crippen LogP contribution is 2.35. The molecule has 0 heterocycles. The minimum atomic E-state index is 0.0427. The maximum atomic E-state index is 11.8. The van der Waals surface area contributed by atoms with E-state index in [1.807, 2.05) is 19.1 Å². The van der Waals surface area contributed by atoms with Gasteiger partial charge < -0.3 is 10.1 Å². The van der Waals surface area contributed by atoms with Crippen molar-refractivity contribution < 1.29 is 9.53 Å². The number of anilines is 1. The Morgan fingerprint density at radius 3 is 2.94 bits per heavy atom. The molecular formula is C14H18ClNO2. The highest BCUT2D eigenvalue weighted by molar-refractivity contribution is 6.32. The van der Waals surface area contributed by atoms with E-state index in [0.717, 1.165) is 6.42 Å². The van der Waals surface area contributed by atoms with Crippen molar-refractivity contribution in [3.05, 3.63) is 23.2 Å². The first kappa shape index (κ1) is 13.2.